The number of benzene rings is 1. The van der Waals surface area contributed by atoms with Gasteiger partial charge in [-0.1, -0.05) is 17.7 Å². The van der Waals surface area contributed by atoms with Gasteiger partial charge in [0.1, 0.15) is 11.4 Å². The van der Waals surface area contributed by atoms with Crippen molar-refractivity contribution in [1.82, 2.24) is 0 Å². The third kappa shape index (κ3) is 1.58. The molecule has 4 heteroatoms. The SMILES string of the molecule is Cc1ccc(Cl)c(C2(N=C=O)CC2)c1F. The quantitative estimate of drug-likeness (QED) is 0.562. The van der Waals surface area contributed by atoms with Crippen LogP contribution in [0.15, 0.2) is 17.1 Å². The zero-order valence-electron chi connectivity index (χ0n) is 8.18. The van der Waals surface area contributed by atoms with Gasteiger partial charge in [0.05, 0.1) is 0 Å². The summed E-state index contributed by atoms with van der Waals surface area (Å²) in [6.07, 6.45) is 2.80. The maximum Gasteiger partial charge on any atom is 0.235 e. The maximum absolute atomic E-state index is 13.8. The molecule has 78 valence electrons. The number of isocyanates is 1. The van der Waals surface area contributed by atoms with Gasteiger partial charge in [-0.2, -0.15) is 4.99 Å². The third-order valence-electron chi connectivity index (χ3n) is 2.73. The first kappa shape index (κ1) is 10.3. The molecule has 1 aromatic rings. The molecule has 0 amide bonds. The lowest BCUT2D eigenvalue weighted by Gasteiger charge is -2.13. The predicted octanol–water partition coefficient (Wildman–Crippen LogP) is 3.11. The van der Waals surface area contributed by atoms with Crippen molar-refractivity contribution < 1.29 is 9.18 Å². The van der Waals surface area contributed by atoms with E-state index in [9.17, 15) is 9.18 Å². The summed E-state index contributed by atoms with van der Waals surface area (Å²) in [6.45, 7) is 1.66. The van der Waals surface area contributed by atoms with Gasteiger partial charge in [-0.3, -0.25) is 0 Å². The van der Waals surface area contributed by atoms with E-state index in [1.807, 2.05) is 0 Å². The summed E-state index contributed by atoms with van der Waals surface area (Å²) in [7, 11) is 0. The van der Waals surface area contributed by atoms with Crippen LogP contribution in [0.1, 0.15) is 24.0 Å². The molecule has 0 bridgehead atoms. The fourth-order valence-corrected chi connectivity index (χ4v) is 2.03. The number of hydrogen-bond acceptors (Lipinski definition) is 2. The minimum Gasteiger partial charge on any atom is -0.211 e. The van der Waals surface area contributed by atoms with Crippen LogP contribution in [0.2, 0.25) is 5.02 Å². The van der Waals surface area contributed by atoms with E-state index in [2.05, 4.69) is 4.99 Å². The Labute approximate surface area is 91.8 Å². The Morgan fingerprint density at radius 3 is 2.73 bits per heavy atom. The lowest BCUT2D eigenvalue weighted by atomic mass is 10.0. The highest BCUT2D eigenvalue weighted by molar-refractivity contribution is 6.31. The lowest BCUT2D eigenvalue weighted by molar-refractivity contribution is 0.546. The van der Waals surface area contributed by atoms with E-state index in [0.717, 1.165) is 0 Å². The van der Waals surface area contributed by atoms with Gasteiger partial charge >= 0.3 is 0 Å². The van der Waals surface area contributed by atoms with Gasteiger partial charge in [0, 0.05) is 10.6 Å². The molecule has 0 unspecified atom stereocenters. The molecule has 0 aliphatic heterocycles. The van der Waals surface area contributed by atoms with E-state index >= 15 is 0 Å². The Morgan fingerprint density at radius 1 is 1.53 bits per heavy atom. The minimum atomic E-state index is -0.741. The van der Waals surface area contributed by atoms with E-state index in [-0.39, 0.29) is 5.82 Å². The highest BCUT2D eigenvalue weighted by Crippen LogP contribution is 2.52. The summed E-state index contributed by atoms with van der Waals surface area (Å²) in [5.74, 6) is -0.362. The molecule has 0 N–H and O–H groups in total. The molecular formula is C11H9ClFNO. The van der Waals surface area contributed by atoms with E-state index < -0.39 is 5.54 Å². The van der Waals surface area contributed by atoms with Crippen LogP contribution in [0.3, 0.4) is 0 Å². The fourth-order valence-electron chi connectivity index (χ4n) is 1.71. The standard InChI is InChI=1S/C11H9ClFNO/c1-7-2-3-8(12)9(10(7)13)11(4-5-11)14-6-15/h2-3H,4-5H2,1H3. The second-order valence-corrected chi connectivity index (χ2v) is 4.20. The van der Waals surface area contributed by atoms with Gasteiger partial charge in [-0.15, -0.1) is 0 Å². The summed E-state index contributed by atoms with van der Waals surface area (Å²) in [5.41, 5.74) is 0.115. The number of nitrogens with zero attached hydrogens (tertiary/aromatic N) is 1. The summed E-state index contributed by atoms with van der Waals surface area (Å²) in [4.78, 5) is 14.0. The average Bonchev–Trinajstić information content (AvgIpc) is 2.94. The Hall–Kier alpha value is -1.18. The van der Waals surface area contributed by atoms with Gasteiger partial charge in [-0.05, 0) is 31.4 Å². The molecule has 2 nitrogen and oxygen atoms in total. The maximum atomic E-state index is 13.8. The van der Waals surface area contributed by atoms with Crippen molar-refractivity contribution >= 4 is 17.7 Å². The number of halogens is 2. The summed E-state index contributed by atoms with van der Waals surface area (Å²) in [6, 6.07) is 3.25. The van der Waals surface area contributed by atoms with Gasteiger partial charge in [-0.25, -0.2) is 9.18 Å². The van der Waals surface area contributed by atoms with Crippen molar-refractivity contribution in [2.24, 2.45) is 4.99 Å². The smallest absolute Gasteiger partial charge is 0.211 e. The van der Waals surface area contributed by atoms with Crippen molar-refractivity contribution in [2.45, 2.75) is 25.3 Å². The van der Waals surface area contributed by atoms with Crippen molar-refractivity contribution in [3.63, 3.8) is 0 Å². The zero-order valence-corrected chi connectivity index (χ0v) is 8.94. The zero-order chi connectivity index (χ0) is 11.1. The Balaban J connectivity index is 2.62. The number of hydrogen-bond donors (Lipinski definition) is 0. The number of rotatable bonds is 2. The highest BCUT2D eigenvalue weighted by atomic mass is 35.5. The molecule has 1 aliphatic rings. The Bertz CT molecular complexity index is 462. The van der Waals surface area contributed by atoms with E-state index in [4.69, 9.17) is 11.6 Å². The molecule has 0 atom stereocenters. The molecule has 0 aromatic heterocycles. The third-order valence-corrected chi connectivity index (χ3v) is 3.05. The first-order valence-electron chi connectivity index (χ1n) is 4.65. The molecule has 2 rings (SSSR count). The van der Waals surface area contributed by atoms with Gasteiger partial charge in [0.25, 0.3) is 0 Å². The molecule has 0 radical (unpaired) electrons. The Kier molecular flexibility index (Phi) is 2.37. The number of aryl methyl sites for hydroxylation is 1. The van der Waals surface area contributed by atoms with Gasteiger partial charge in [0.15, 0.2) is 0 Å². The normalized spacial score (nSPS) is 17.0. The largest absolute Gasteiger partial charge is 0.235 e. The van der Waals surface area contributed by atoms with Crippen LogP contribution in [0.4, 0.5) is 4.39 Å². The van der Waals surface area contributed by atoms with Crippen LogP contribution in [0.25, 0.3) is 0 Å². The van der Waals surface area contributed by atoms with E-state index in [1.165, 1.54) is 6.08 Å². The summed E-state index contributed by atoms with van der Waals surface area (Å²) >= 11 is 5.93. The Morgan fingerprint density at radius 2 is 2.20 bits per heavy atom. The first-order valence-corrected chi connectivity index (χ1v) is 5.03. The van der Waals surface area contributed by atoms with Gasteiger partial charge < -0.3 is 0 Å². The number of carbonyl (C=O) groups excluding carboxylic acids is 1. The summed E-state index contributed by atoms with van der Waals surface area (Å²) in [5, 5.41) is 0.328. The van der Waals surface area contributed by atoms with Crippen molar-refractivity contribution in [3.05, 3.63) is 34.1 Å². The average molecular weight is 226 g/mol. The van der Waals surface area contributed by atoms with Crippen LogP contribution < -0.4 is 0 Å². The fraction of sp³-hybridized carbons (Fsp3) is 0.364. The van der Waals surface area contributed by atoms with Crippen LogP contribution in [0, 0.1) is 12.7 Å². The lowest BCUT2D eigenvalue weighted by Crippen LogP contribution is -2.07. The van der Waals surface area contributed by atoms with Crippen LogP contribution >= 0.6 is 11.6 Å². The molecule has 1 saturated carbocycles. The molecule has 1 aliphatic carbocycles. The summed E-state index contributed by atoms with van der Waals surface area (Å²) < 4.78 is 13.8. The molecule has 0 saturated heterocycles. The highest BCUT2D eigenvalue weighted by Gasteiger charge is 2.48. The predicted molar refractivity (Wildman–Crippen MR) is 55.2 cm³/mol. The van der Waals surface area contributed by atoms with Crippen molar-refractivity contribution in [3.8, 4) is 0 Å². The first-order chi connectivity index (χ1) is 7.10. The van der Waals surface area contributed by atoms with Crippen LogP contribution in [-0.2, 0) is 10.3 Å². The topological polar surface area (TPSA) is 29.4 Å². The van der Waals surface area contributed by atoms with Crippen LogP contribution in [0.5, 0.6) is 0 Å². The monoisotopic (exact) mass is 225 g/mol. The molecule has 15 heavy (non-hydrogen) atoms. The van der Waals surface area contributed by atoms with E-state index in [0.29, 0.717) is 29.0 Å². The molecular weight excluding hydrogens is 217 g/mol. The van der Waals surface area contributed by atoms with Crippen LogP contribution in [-0.4, -0.2) is 6.08 Å². The van der Waals surface area contributed by atoms with E-state index in [1.54, 1.807) is 19.1 Å². The molecule has 1 aromatic carbocycles. The molecule has 0 heterocycles. The molecule has 0 spiro atoms. The molecule has 1 fully saturated rings. The van der Waals surface area contributed by atoms with Crippen molar-refractivity contribution in [2.75, 3.05) is 0 Å². The minimum absolute atomic E-state index is 0.328. The second-order valence-electron chi connectivity index (χ2n) is 3.79. The second kappa shape index (κ2) is 3.44. The number of aliphatic imine (C=N–C) groups is 1. The van der Waals surface area contributed by atoms with Gasteiger partial charge in [0.2, 0.25) is 6.08 Å². The van der Waals surface area contributed by atoms with Crippen molar-refractivity contribution in [1.29, 1.82) is 0 Å².